The van der Waals surface area contributed by atoms with Crippen LogP contribution >= 0.6 is 11.8 Å². The maximum atomic E-state index is 4.47. The number of pyridine rings is 1. The molecule has 0 atom stereocenters. The fourth-order valence-electron chi connectivity index (χ4n) is 1.55. The minimum absolute atomic E-state index is 0.772. The number of imidazole rings is 1. The number of fused-ring (bicyclic) bond motifs is 1. The molecule has 3 aromatic heterocycles. The highest BCUT2D eigenvalue weighted by Gasteiger charge is 2.10. The molecule has 3 rings (SSSR count). The van der Waals surface area contributed by atoms with Gasteiger partial charge in [-0.05, 0) is 30.8 Å². The number of rotatable bonds is 2. The van der Waals surface area contributed by atoms with Gasteiger partial charge in [-0.1, -0.05) is 6.07 Å². The number of H-pyrrole nitrogens is 1. The molecule has 0 aliphatic heterocycles. The van der Waals surface area contributed by atoms with E-state index in [9.17, 15) is 0 Å². The molecule has 3 heterocycles. The maximum absolute atomic E-state index is 4.47. The summed E-state index contributed by atoms with van der Waals surface area (Å²) >= 11 is 1.53. The van der Waals surface area contributed by atoms with Crippen LogP contribution in [-0.4, -0.2) is 24.6 Å². The van der Waals surface area contributed by atoms with Gasteiger partial charge in [-0.3, -0.25) is 9.50 Å². The van der Waals surface area contributed by atoms with Gasteiger partial charge in [0, 0.05) is 6.20 Å². The van der Waals surface area contributed by atoms with Gasteiger partial charge in [0.15, 0.2) is 5.16 Å². The number of nitrogens with one attached hydrogen (secondary N) is 1. The van der Waals surface area contributed by atoms with Gasteiger partial charge >= 0.3 is 0 Å². The van der Waals surface area contributed by atoms with Gasteiger partial charge in [0.25, 0.3) is 0 Å². The number of aryl methyl sites for hydroxylation is 1. The molecule has 16 heavy (non-hydrogen) atoms. The Kier molecular flexibility index (Phi) is 2.14. The van der Waals surface area contributed by atoms with E-state index in [1.54, 1.807) is 0 Å². The van der Waals surface area contributed by atoms with Gasteiger partial charge in [0.05, 0.1) is 5.69 Å². The van der Waals surface area contributed by atoms with E-state index in [0.29, 0.717) is 0 Å². The lowest BCUT2D eigenvalue weighted by Crippen LogP contribution is -1.86. The predicted molar refractivity (Wildman–Crippen MR) is 60.4 cm³/mol. The van der Waals surface area contributed by atoms with Crippen LogP contribution in [-0.2, 0) is 0 Å². The Morgan fingerprint density at radius 2 is 2.31 bits per heavy atom. The molecule has 0 spiro atoms. The number of nitrogens with zero attached hydrogens (tertiary/aromatic N) is 4. The molecule has 6 heteroatoms. The van der Waals surface area contributed by atoms with Crippen LogP contribution in [0.3, 0.4) is 0 Å². The Labute approximate surface area is 95.9 Å². The van der Waals surface area contributed by atoms with E-state index in [2.05, 4.69) is 20.2 Å². The summed E-state index contributed by atoms with van der Waals surface area (Å²) in [6.45, 7) is 1.99. The highest BCUT2D eigenvalue weighted by atomic mass is 32.2. The van der Waals surface area contributed by atoms with Crippen LogP contribution in [0, 0.1) is 6.92 Å². The largest absolute Gasteiger partial charge is 0.294 e. The summed E-state index contributed by atoms with van der Waals surface area (Å²) in [5.41, 5.74) is 1.94. The third-order valence-electron chi connectivity index (χ3n) is 2.24. The van der Waals surface area contributed by atoms with Crippen LogP contribution in [0.1, 0.15) is 5.69 Å². The molecule has 0 fully saturated rings. The number of aromatic nitrogens is 5. The van der Waals surface area contributed by atoms with E-state index in [1.165, 1.54) is 18.1 Å². The Morgan fingerprint density at radius 1 is 1.38 bits per heavy atom. The quantitative estimate of drug-likeness (QED) is 0.732. The third-order valence-corrected chi connectivity index (χ3v) is 3.31. The second kappa shape index (κ2) is 3.64. The summed E-state index contributed by atoms with van der Waals surface area (Å²) < 4.78 is 2.04. The molecule has 0 radical (unpaired) electrons. The molecule has 0 saturated heterocycles. The van der Waals surface area contributed by atoms with Crippen molar-refractivity contribution in [1.82, 2.24) is 24.6 Å². The van der Waals surface area contributed by atoms with E-state index in [4.69, 9.17) is 0 Å². The summed E-state index contributed by atoms with van der Waals surface area (Å²) in [6.07, 6.45) is 3.49. The van der Waals surface area contributed by atoms with Crippen molar-refractivity contribution in [2.75, 3.05) is 0 Å². The molecule has 80 valence electrons. The Bertz CT molecular complexity index is 613. The highest BCUT2D eigenvalue weighted by molar-refractivity contribution is 7.99. The van der Waals surface area contributed by atoms with Gasteiger partial charge in [0.1, 0.15) is 17.0 Å². The van der Waals surface area contributed by atoms with Crippen molar-refractivity contribution in [1.29, 1.82) is 0 Å². The van der Waals surface area contributed by atoms with Gasteiger partial charge in [-0.15, -0.1) is 0 Å². The first-order valence-corrected chi connectivity index (χ1v) is 5.63. The Balaban J connectivity index is 2.12. The average Bonchev–Trinajstić information content (AvgIpc) is 2.89. The fraction of sp³-hybridized carbons (Fsp3) is 0.100. The van der Waals surface area contributed by atoms with E-state index >= 15 is 0 Å². The van der Waals surface area contributed by atoms with Crippen LogP contribution in [0.25, 0.3) is 5.65 Å². The molecule has 0 aliphatic carbocycles. The molecule has 1 N–H and O–H groups in total. The minimum atomic E-state index is 0.772. The summed E-state index contributed by atoms with van der Waals surface area (Å²) in [4.78, 5) is 8.57. The predicted octanol–water partition coefficient (Wildman–Crippen LogP) is 1.91. The van der Waals surface area contributed by atoms with E-state index in [0.717, 1.165) is 21.5 Å². The van der Waals surface area contributed by atoms with Crippen LogP contribution in [0.5, 0.6) is 0 Å². The zero-order valence-corrected chi connectivity index (χ0v) is 9.40. The first-order valence-electron chi connectivity index (χ1n) is 4.81. The van der Waals surface area contributed by atoms with Crippen molar-refractivity contribution in [3.05, 3.63) is 36.4 Å². The lowest BCUT2D eigenvalue weighted by molar-refractivity contribution is 0.955. The molecule has 5 nitrogen and oxygen atoms in total. The number of aromatic amines is 1. The zero-order chi connectivity index (χ0) is 11.0. The summed E-state index contributed by atoms with van der Waals surface area (Å²) in [7, 11) is 0. The Hall–Kier alpha value is -1.82. The van der Waals surface area contributed by atoms with Crippen molar-refractivity contribution in [3.8, 4) is 0 Å². The molecule has 0 amide bonds. The summed E-state index contributed by atoms with van der Waals surface area (Å²) in [5, 5.41) is 8.49. The molecule has 0 aromatic carbocycles. The lowest BCUT2D eigenvalue weighted by atomic mass is 10.5. The normalized spacial score (nSPS) is 11.1. The van der Waals surface area contributed by atoms with Gasteiger partial charge in [0.2, 0.25) is 0 Å². The second-order valence-electron chi connectivity index (χ2n) is 3.32. The Morgan fingerprint density at radius 3 is 3.12 bits per heavy atom. The van der Waals surface area contributed by atoms with Crippen LogP contribution in [0.4, 0.5) is 0 Å². The molecule has 0 unspecified atom stereocenters. The van der Waals surface area contributed by atoms with Crippen molar-refractivity contribution in [3.63, 3.8) is 0 Å². The van der Waals surface area contributed by atoms with Crippen molar-refractivity contribution in [2.45, 2.75) is 17.1 Å². The number of hydrogen-bond acceptors (Lipinski definition) is 4. The summed E-state index contributed by atoms with van der Waals surface area (Å²) in [6, 6.07) is 5.95. The monoisotopic (exact) mass is 231 g/mol. The zero-order valence-electron chi connectivity index (χ0n) is 8.58. The smallest absolute Gasteiger partial charge is 0.189 e. The van der Waals surface area contributed by atoms with Gasteiger partial charge in [-0.2, -0.15) is 5.10 Å². The standard InChI is InChI=1S/C10H9N5S/c1-7-9(16-10-11-6-12-14-10)15-5-3-2-4-8(15)13-7/h2-6H,1H3,(H,11,12,14). The van der Waals surface area contributed by atoms with Crippen LogP contribution in [0.15, 0.2) is 40.9 Å². The van der Waals surface area contributed by atoms with Gasteiger partial charge < -0.3 is 0 Å². The van der Waals surface area contributed by atoms with Gasteiger partial charge in [-0.25, -0.2) is 9.97 Å². The average molecular weight is 231 g/mol. The van der Waals surface area contributed by atoms with E-state index in [1.807, 2.05) is 35.7 Å². The van der Waals surface area contributed by atoms with Crippen molar-refractivity contribution >= 4 is 17.4 Å². The molecular formula is C10H9N5S. The number of hydrogen-bond donors (Lipinski definition) is 1. The molecular weight excluding hydrogens is 222 g/mol. The third kappa shape index (κ3) is 1.47. The SMILES string of the molecule is Cc1nc2ccccn2c1Sc1ncn[nH]1. The minimum Gasteiger partial charge on any atom is -0.294 e. The summed E-state index contributed by atoms with van der Waals surface area (Å²) in [5.74, 6) is 0. The lowest BCUT2D eigenvalue weighted by Gasteiger charge is -1.98. The van der Waals surface area contributed by atoms with E-state index in [-0.39, 0.29) is 0 Å². The maximum Gasteiger partial charge on any atom is 0.189 e. The van der Waals surface area contributed by atoms with Crippen molar-refractivity contribution in [2.24, 2.45) is 0 Å². The van der Waals surface area contributed by atoms with Crippen LogP contribution in [0.2, 0.25) is 0 Å². The molecule has 0 bridgehead atoms. The van der Waals surface area contributed by atoms with Crippen molar-refractivity contribution < 1.29 is 0 Å². The topological polar surface area (TPSA) is 58.9 Å². The van der Waals surface area contributed by atoms with Crippen LogP contribution < -0.4 is 0 Å². The van der Waals surface area contributed by atoms with E-state index < -0.39 is 0 Å². The fourth-order valence-corrected chi connectivity index (χ4v) is 2.38. The first-order chi connectivity index (χ1) is 7.84. The molecule has 3 aromatic rings. The highest BCUT2D eigenvalue weighted by Crippen LogP contribution is 2.27. The molecule has 0 saturated carbocycles. The first kappa shape index (κ1) is 9.41. The molecule has 0 aliphatic rings. The second-order valence-corrected chi connectivity index (χ2v) is 4.30.